The molecule has 2 aromatic rings. The number of nitro groups is 1. The number of nitrogens with zero attached hydrogens (tertiary/aromatic N) is 2. The van der Waals surface area contributed by atoms with Crippen LogP contribution in [0.25, 0.3) is 0 Å². The fourth-order valence-corrected chi connectivity index (χ4v) is 1.51. The van der Waals surface area contributed by atoms with Crippen molar-refractivity contribution in [3.63, 3.8) is 0 Å². The Labute approximate surface area is 113 Å². The fourth-order valence-electron chi connectivity index (χ4n) is 1.51. The largest absolute Gasteiger partial charge is 0.439 e. The van der Waals surface area contributed by atoms with Crippen LogP contribution in [0.2, 0.25) is 0 Å². The van der Waals surface area contributed by atoms with Gasteiger partial charge < -0.3 is 15.3 Å². The molecule has 8 nitrogen and oxygen atoms in total. The summed E-state index contributed by atoms with van der Waals surface area (Å²) in [6.07, 6.45) is 0. The molecule has 1 heterocycles. The maximum absolute atomic E-state index is 10.8. The number of hydrogen-bond donors (Lipinski definition) is 3. The number of hydrazine groups is 1. The highest BCUT2D eigenvalue weighted by molar-refractivity contribution is 5.48. The van der Waals surface area contributed by atoms with Crippen LogP contribution in [0.15, 0.2) is 36.4 Å². The average Bonchev–Trinajstić information content (AvgIpc) is 2.47. The van der Waals surface area contributed by atoms with Gasteiger partial charge in [-0.1, -0.05) is 12.1 Å². The minimum atomic E-state index is -0.565. The summed E-state index contributed by atoms with van der Waals surface area (Å²) in [5.41, 5.74) is 2.78. The van der Waals surface area contributed by atoms with Crippen LogP contribution in [0.1, 0.15) is 5.56 Å². The zero-order valence-electron chi connectivity index (χ0n) is 10.3. The van der Waals surface area contributed by atoms with E-state index < -0.39 is 4.92 Å². The van der Waals surface area contributed by atoms with Crippen LogP contribution < -0.4 is 16.0 Å². The van der Waals surface area contributed by atoms with Crippen molar-refractivity contribution in [3.8, 4) is 11.6 Å². The van der Waals surface area contributed by atoms with E-state index >= 15 is 0 Å². The normalized spacial score (nSPS) is 10.1. The molecule has 1 aromatic carbocycles. The van der Waals surface area contributed by atoms with Gasteiger partial charge in [-0.15, -0.1) is 0 Å². The number of hydrogen-bond acceptors (Lipinski definition) is 7. The highest BCUT2D eigenvalue weighted by Crippen LogP contribution is 2.26. The van der Waals surface area contributed by atoms with Crippen molar-refractivity contribution in [1.82, 2.24) is 4.98 Å². The summed E-state index contributed by atoms with van der Waals surface area (Å²) >= 11 is 0. The standard InChI is InChI=1S/C12H12N4O4/c13-15-11-5-9(16(18)19)6-12(14-11)20-10-3-1-8(7-17)2-4-10/h1-6,17H,7,13H2,(H,14,15). The second-order valence-electron chi connectivity index (χ2n) is 3.85. The zero-order chi connectivity index (χ0) is 14.5. The van der Waals surface area contributed by atoms with Gasteiger partial charge in [0.25, 0.3) is 5.69 Å². The number of rotatable bonds is 5. The lowest BCUT2D eigenvalue weighted by Gasteiger charge is -2.07. The molecular weight excluding hydrogens is 264 g/mol. The minimum absolute atomic E-state index is 0.0453. The maximum Gasteiger partial charge on any atom is 0.278 e. The van der Waals surface area contributed by atoms with Crippen molar-refractivity contribution in [1.29, 1.82) is 0 Å². The van der Waals surface area contributed by atoms with E-state index in [9.17, 15) is 10.1 Å². The number of nitrogen functional groups attached to an aromatic ring is 1. The van der Waals surface area contributed by atoms with Crippen LogP contribution in [0.5, 0.6) is 11.6 Å². The first-order chi connectivity index (χ1) is 9.62. The molecule has 0 aliphatic carbocycles. The highest BCUT2D eigenvalue weighted by Gasteiger charge is 2.12. The Morgan fingerprint density at radius 1 is 1.35 bits per heavy atom. The third-order valence-corrected chi connectivity index (χ3v) is 2.47. The number of nitrogens with two attached hydrogens (primary N) is 1. The molecule has 0 amide bonds. The minimum Gasteiger partial charge on any atom is -0.439 e. The van der Waals surface area contributed by atoms with Crippen LogP contribution >= 0.6 is 0 Å². The highest BCUT2D eigenvalue weighted by atomic mass is 16.6. The number of aromatic nitrogens is 1. The van der Waals surface area contributed by atoms with E-state index in [1.165, 1.54) is 12.1 Å². The zero-order valence-corrected chi connectivity index (χ0v) is 10.3. The molecule has 0 atom stereocenters. The van der Waals surface area contributed by atoms with Gasteiger partial charge in [0.1, 0.15) is 5.75 Å². The van der Waals surface area contributed by atoms with Gasteiger partial charge in [0.05, 0.1) is 23.7 Å². The molecule has 0 saturated carbocycles. The van der Waals surface area contributed by atoms with E-state index in [0.717, 1.165) is 5.56 Å². The van der Waals surface area contributed by atoms with Crippen molar-refractivity contribution in [2.24, 2.45) is 5.84 Å². The number of benzene rings is 1. The maximum atomic E-state index is 10.8. The van der Waals surface area contributed by atoms with E-state index in [1.54, 1.807) is 24.3 Å². The van der Waals surface area contributed by atoms with Gasteiger partial charge in [-0.2, -0.15) is 4.98 Å². The third kappa shape index (κ3) is 3.19. The molecule has 0 aliphatic heterocycles. The van der Waals surface area contributed by atoms with Gasteiger partial charge in [-0.3, -0.25) is 10.1 Å². The van der Waals surface area contributed by atoms with E-state index in [2.05, 4.69) is 10.4 Å². The number of aliphatic hydroxyl groups is 1. The first kappa shape index (κ1) is 13.7. The van der Waals surface area contributed by atoms with Crippen molar-refractivity contribution in [2.45, 2.75) is 6.61 Å². The molecule has 4 N–H and O–H groups in total. The molecule has 0 spiro atoms. The second-order valence-corrected chi connectivity index (χ2v) is 3.85. The number of pyridine rings is 1. The van der Waals surface area contributed by atoms with Gasteiger partial charge >= 0.3 is 0 Å². The van der Waals surface area contributed by atoms with Crippen LogP contribution in [-0.2, 0) is 6.61 Å². The fraction of sp³-hybridized carbons (Fsp3) is 0.0833. The summed E-state index contributed by atoms with van der Waals surface area (Å²) in [5.74, 6) is 5.81. The van der Waals surface area contributed by atoms with Crippen LogP contribution in [0, 0.1) is 10.1 Å². The molecule has 0 unspecified atom stereocenters. The van der Waals surface area contributed by atoms with E-state index in [4.69, 9.17) is 15.7 Å². The molecule has 2 rings (SSSR count). The molecule has 0 saturated heterocycles. The first-order valence-corrected chi connectivity index (χ1v) is 5.63. The number of aliphatic hydroxyl groups excluding tert-OH is 1. The summed E-state index contributed by atoms with van der Waals surface area (Å²) in [6, 6.07) is 9.00. The van der Waals surface area contributed by atoms with Gasteiger partial charge in [0.15, 0.2) is 5.82 Å². The van der Waals surface area contributed by atoms with Crippen molar-refractivity contribution < 1.29 is 14.8 Å². The molecule has 0 fully saturated rings. The predicted octanol–water partition coefficient (Wildman–Crippen LogP) is 1.56. The van der Waals surface area contributed by atoms with Crippen molar-refractivity contribution >= 4 is 11.5 Å². The van der Waals surface area contributed by atoms with Crippen molar-refractivity contribution in [3.05, 3.63) is 52.1 Å². The van der Waals surface area contributed by atoms with Crippen LogP contribution in [0.4, 0.5) is 11.5 Å². The Balaban J connectivity index is 2.27. The Kier molecular flexibility index (Phi) is 4.08. The molecule has 0 bridgehead atoms. The lowest BCUT2D eigenvalue weighted by atomic mass is 10.2. The number of anilines is 1. The topological polar surface area (TPSA) is 124 Å². The quantitative estimate of drug-likeness (QED) is 0.430. The van der Waals surface area contributed by atoms with Gasteiger partial charge in [-0.25, -0.2) is 5.84 Å². The first-order valence-electron chi connectivity index (χ1n) is 5.63. The Bertz CT molecular complexity index is 615. The molecule has 0 radical (unpaired) electrons. The second kappa shape index (κ2) is 5.95. The van der Waals surface area contributed by atoms with Gasteiger partial charge in [0, 0.05) is 0 Å². The van der Waals surface area contributed by atoms with E-state index in [-0.39, 0.29) is 24.0 Å². The molecule has 104 valence electrons. The van der Waals surface area contributed by atoms with E-state index in [0.29, 0.717) is 5.75 Å². The smallest absolute Gasteiger partial charge is 0.278 e. The third-order valence-electron chi connectivity index (χ3n) is 2.47. The monoisotopic (exact) mass is 276 g/mol. The summed E-state index contributed by atoms with van der Waals surface area (Å²) in [6.45, 7) is -0.0728. The van der Waals surface area contributed by atoms with E-state index in [1.807, 2.05) is 0 Å². The van der Waals surface area contributed by atoms with Crippen molar-refractivity contribution in [2.75, 3.05) is 5.43 Å². The number of ether oxygens (including phenoxy) is 1. The summed E-state index contributed by atoms with van der Waals surface area (Å²) in [7, 11) is 0. The summed E-state index contributed by atoms with van der Waals surface area (Å²) in [5, 5.41) is 19.7. The molecule has 0 aliphatic rings. The molecular formula is C12H12N4O4. The number of nitrogens with one attached hydrogen (secondary N) is 1. The van der Waals surface area contributed by atoms with Crippen LogP contribution in [0.3, 0.4) is 0 Å². The lowest BCUT2D eigenvalue weighted by Crippen LogP contribution is -2.09. The lowest BCUT2D eigenvalue weighted by molar-refractivity contribution is -0.384. The SMILES string of the molecule is NNc1cc([N+](=O)[O-])cc(Oc2ccc(CO)cc2)n1. The Morgan fingerprint density at radius 3 is 2.60 bits per heavy atom. The Hall–Kier alpha value is -2.71. The molecule has 20 heavy (non-hydrogen) atoms. The van der Waals surface area contributed by atoms with Gasteiger partial charge in [-0.05, 0) is 17.7 Å². The summed E-state index contributed by atoms with van der Waals surface area (Å²) in [4.78, 5) is 14.2. The average molecular weight is 276 g/mol. The van der Waals surface area contributed by atoms with Gasteiger partial charge in [0.2, 0.25) is 5.88 Å². The molecule has 8 heteroatoms. The van der Waals surface area contributed by atoms with Crippen LogP contribution in [-0.4, -0.2) is 15.0 Å². The molecule has 1 aromatic heterocycles. The predicted molar refractivity (Wildman–Crippen MR) is 71.1 cm³/mol. The Morgan fingerprint density at radius 2 is 2.05 bits per heavy atom. The summed E-state index contributed by atoms with van der Waals surface area (Å²) < 4.78 is 5.42.